The second kappa shape index (κ2) is 7.11. The molecule has 0 aromatic heterocycles. The number of likely N-dealkylation sites (N-methyl/N-ethyl adjacent to an activating group) is 1. The van der Waals surface area contributed by atoms with Crippen LogP contribution in [-0.2, 0) is 4.74 Å². The number of hydrazine groups is 1. The van der Waals surface area contributed by atoms with Crippen LogP contribution in [0.4, 0.5) is 5.69 Å². The number of hydrogen-bond acceptors (Lipinski definition) is 4. The number of benzene rings is 1. The number of nitrogen functional groups attached to an aromatic ring is 1. The molecule has 0 aliphatic rings. The van der Waals surface area contributed by atoms with Crippen molar-refractivity contribution < 1.29 is 9.53 Å². The molecule has 0 saturated carbocycles. The van der Waals surface area contributed by atoms with E-state index in [4.69, 9.17) is 10.6 Å². The number of amides is 1. The van der Waals surface area contributed by atoms with Crippen LogP contribution in [0, 0.1) is 6.92 Å². The van der Waals surface area contributed by atoms with Gasteiger partial charge >= 0.3 is 0 Å². The number of hydrogen-bond donors (Lipinski definition) is 2. The molecular formula is C14H23N3O2. The molecule has 0 spiro atoms. The third kappa shape index (κ3) is 4.54. The number of anilines is 1. The molecule has 1 aromatic rings. The molecule has 5 heteroatoms. The zero-order valence-corrected chi connectivity index (χ0v) is 12.1. The minimum Gasteiger partial charge on any atom is -0.377 e. The van der Waals surface area contributed by atoms with Gasteiger partial charge in [-0.2, -0.15) is 0 Å². The fourth-order valence-corrected chi connectivity index (χ4v) is 1.73. The van der Waals surface area contributed by atoms with Gasteiger partial charge in [-0.15, -0.1) is 0 Å². The Hall–Kier alpha value is -1.59. The topological polar surface area (TPSA) is 67.6 Å². The fourth-order valence-electron chi connectivity index (χ4n) is 1.73. The molecule has 3 N–H and O–H groups in total. The Morgan fingerprint density at radius 3 is 2.68 bits per heavy atom. The maximum atomic E-state index is 12.3. The second-order valence-corrected chi connectivity index (χ2v) is 4.82. The number of nitrogens with zero attached hydrogens (tertiary/aromatic N) is 1. The Morgan fingerprint density at radius 2 is 2.16 bits per heavy atom. The summed E-state index contributed by atoms with van der Waals surface area (Å²) in [4.78, 5) is 13.9. The van der Waals surface area contributed by atoms with Gasteiger partial charge in [-0.05, 0) is 44.5 Å². The summed E-state index contributed by atoms with van der Waals surface area (Å²) in [7, 11) is 1.78. The van der Waals surface area contributed by atoms with Crippen molar-refractivity contribution in [2.75, 3.05) is 25.6 Å². The number of rotatable bonds is 6. The normalized spacial score (nSPS) is 10.6. The number of nitrogens with two attached hydrogens (primary N) is 1. The minimum atomic E-state index is -0.00609. The van der Waals surface area contributed by atoms with Crippen LogP contribution >= 0.6 is 0 Å². The Labute approximate surface area is 114 Å². The average Bonchev–Trinajstić information content (AvgIpc) is 2.37. The van der Waals surface area contributed by atoms with Gasteiger partial charge in [-0.3, -0.25) is 10.6 Å². The number of carbonyl (C=O) groups excluding carboxylic acids is 1. The summed E-state index contributed by atoms with van der Waals surface area (Å²) in [6.45, 7) is 6.97. The lowest BCUT2D eigenvalue weighted by Gasteiger charge is -2.19. The van der Waals surface area contributed by atoms with Crippen molar-refractivity contribution in [3.63, 3.8) is 0 Å². The highest BCUT2D eigenvalue weighted by atomic mass is 16.5. The number of carbonyl (C=O) groups is 1. The monoisotopic (exact) mass is 265 g/mol. The molecule has 0 atom stereocenters. The molecule has 5 nitrogen and oxygen atoms in total. The zero-order chi connectivity index (χ0) is 14.4. The first kappa shape index (κ1) is 15.5. The van der Waals surface area contributed by atoms with Crippen molar-refractivity contribution in [2.45, 2.75) is 26.9 Å². The fraction of sp³-hybridized carbons (Fsp3) is 0.500. The highest BCUT2D eigenvalue weighted by molar-refractivity contribution is 5.95. The quantitative estimate of drug-likeness (QED) is 0.607. The molecule has 1 rings (SSSR count). The van der Waals surface area contributed by atoms with Crippen LogP contribution < -0.4 is 11.3 Å². The van der Waals surface area contributed by atoms with E-state index < -0.39 is 0 Å². The molecule has 0 radical (unpaired) electrons. The van der Waals surface area contributed by atoms with Crippen molar-refractivity contribution in [3.05, 3.63) is 29.3 Å². The van der Waals surface area contributed by atoms with Crippen LogP contribution in [0.15, 0.2) is 18.2 Å². The molecule has 106 valence electrons. The summed E-state index contributed by atoms with van der Waals surface area (Å²) >= 11 is 0. The van der Waals surface area contributed by atoms with Gasteiger partial charge in [0.25, 0.3) is 5.91 Å². The number of nitrogens with one attached hydrogen (secondary N) is 1. The third-order valence-corrected chi connectivity index (χ3v) is 2.85. The van der Waals surface area contributed by atoms with E-state index in [9.17, 15) is 4.79 Å². The van der Waals surface area contributed by atoms with Gasteiger partial charge < -0.3 is 15.1 Å². The van der Waals surface area contributed by atoms with E-state index in [1.807, 2.05) is 26.8 Å². The van der Waals surface area contributed by atoms with Gasteiger partial charge in [0.15, 0.2) is 0 Å². The van der Waals surface area contributed by atoms with Crippen molar-refractivity contribution in [1.29, 1.82) is 0 Å². The van der Waals surface area contributed by atoms with E-state index >= 15 is 0 Å². The van der Waals surface area contributed by atoms with Gasteiger partial charge in [-0.25, -0.2) is 0 Å². The number of aryl methyl sites for hydroxylation is 1. The Kier molecular flexibility index (Phi) is 5.79. The summed E-state index contributed by atoms with van der Waals surface area (Å²) in [5.74, 6) is 5.33. The molecule has 0 unspecified atom stereocenters. The van der Waals surface area contributed by atoms with Gasteiger partial charge in [0.05, 0.1) is 12.7 Å². The molecule has 0 aliphatic carbocycles. The van der Waals surface area contributed by atoms with Crippen LogP contribution in [0.3, 0.4) is 0 Å². The first-order chi connectivity index (χ1) is 8.95. The SMILES string of the molecule is Cc1cc(NN)ccc1C(=O)N(C)CCOC(C)C. The van der Waals surface area contributed by atoms with Crippen molar-refractivity contribution in [2.24, 2.45) is 5.84 Å². The summed E-state index contributed by atoms with van der Waals surface area (Å²) in [6.07, 6.45) is 0.181. The van der Waals surface area contributed by atoms with E-state index in [1.54, 1.807) is 24.1 Å². The summed E-state index contributed by atoms with van der Waals surface area (Å²) in [6, 6.07) is 5.43. The second-order valence-electron chi connectivity index (χ2n) is 4.82. The summed E-state index contributed by atoms with van der Waals surface area (Å²) < 4.78 is 5.44. The average molecular weight is 265 g/mol. The standard InChI is InChI=1S/C14H23N3O2/c1-10(2)19-8-7-17(4)14(18)13-6-5-12(16-15)9-11(13)3/h5-6,9-10,16H,7-8,15H2,1-4H3. The van der Waals surface area contributed by atoms with Crippen LogP contribution in [0.1, 0.15) is 29.8 Å². The maximum Gasteiger partial charge on any atom is 0.253 e. The van der Waals surface area contributed by atoms with Gasteiger partial charge in [0.2, 0.25) is 0 Å². The molecule has 0 bridgehead atoms. The molecule has 0 heterocycles. The summed E-state index contributed by atoms with van der Waals surface area (Å²) in [5, 5.41) is 0. The number of ether oxygens (including phenoxy) is 1. The lowest BCUT2D eigenvalue weighted by Crippen LogP contribution is -2.31. The van der Waals surface area contributed by atoms with Crippen LogP contribution in [0.2, 0.25) is 0 Å². The predicted octanol–water partition coefficient (Wildman–Crippen LogP) is 1.78. The van der Waals surface area contributed by atoms with Gasteiger partial charge in [0.1, 0.15) is 0 Å². The molecule has 0 fully saturated rings. The molecule has 0 saturated heterocycles. The molecule has 1 amide bonds. The Balaban J connectivity index is 2.66. The van der Waals surface area contributed by atoms with E-state index in [0.717, 1.165) is 11.3 Å². The first-order valence-electron chi connectivity index (χ1n) is 6.40. The van der Waals surface area contributed by atoms with Gasteiger partial charge in [-0.1, -0.05) is 0 Å². The Morgan fingerprint density at radius 1 is 1.47 bits per heavy atom. The maximum absolute atomic E-state index is 12.3. The molecule has 1 aromatic carbocycles. The van der Waals surface area contributed by atoms with Crippen LogP contribution in [0.25, 0.3) is 0 Å². The Bertz CT molecular complexity index is 433. The van der Waals surface area contributed by atoms with E-state index in [2.05, 4.69) is 5.43 Å². The van der Waals surface area contributed by atoms with Crippen molar-refractivity contribution in [1.82, 2.24) is 4.90 Å². The molecule has 0 aliphatic heterocycles. The highest BCUT2D eigenvalue weighted by Crippen LogP contribution is 2.15. The predicted molar refractivity (Wildman–Crippen MR) is 77.0 cm³/mol. The van der Waals surface area contributed by atoms with E-state index in [0.29, 0.717) is 18.7 Å². The smallest absolute Gasteiger partial charge is 0.253 e. The summed E-state index contributed by atoms with van der Waals surface area (Å²) in [5.41, 5.74) is 4.94. The van der Waals surface area contributed by atoms with Gasteiger partial charge in [0, 0.05) is 24.8 Å². The minimum absolute atomic E-state index is 0.00609. The van der Waals surface area contributed by atoms with Crippen LogP contribution in [0.5, 0.6) is 0 Å². The molecular weight excluding hydrogens is 242 g/mol. The third-order valence-electron chi connectivity index (χ3n) is 2.85. The van der Waals surface area contributed by atoms with E-state index in [-0.39, 0.29) is 12.0 Å². The van der Waals surface area contributed by atoms with Crippen LogP contribution in [-0.4, -0.2) is 37.1 Å². The lowest BCUT2D eigenvalue weighted by atomic mass is 10.1. The van der Waals surface area contributed by atoms with Crippen molar-refractivity contribution >= 4 is 11.6 Å². The lowest BCUT2D eigenvalue weighted by molar-refractivity contribution is 0.0531. The van der Waals surface area contributed by atoms with E-state index in [1.165, 1.54) is 0 Å². The zero-order valence-electron chi connectivity index (χ0n) is 12.1. The molecule has 19 heavy (non-hydrogen) atoms. The largest absolute Gasteiger partial charge is 0.377 e. The highest BCUT2D eigenvalue weighted by Gasteiger charge is 2.14. The first-order valence-corrected chi connectivity index (χ1v) is 6.40. The van der Waals surface area contributed by atoms with Crippen molar-refractivity contribution in [3.8, 4) is 0 Å².